The number of carbonyl (C=O) groups excluding carboxylic acids is 2. The number of phosphoric ester groups is 1. The molecule has 0 aliphatic carbocycles. The number of aliphatic hydroxyl groups is 2. The van der Waals surface area contributed by atoms with Crippen LogP contribution in [0.4, 0.5) is 0 Å². The van der Waals surface area contributed by atoms with Gasteiger partial charge in [-0.15, -0.1) is 0 Å². The summed E-state index contributed by atoms with van der Waals surface area (Å²) in [5.74, 6) is -0.940. The Balaban J connectivity index is 4.30. The van der Waals surface area contributed by atoms with Gasteiger partial charge in [-0.1, -0.05) is 153 Å². The summed E-state index contributed by atoms with van der Waals surface area (Å²) in [4.78, 5) is 35.0. The van der Waals surface area contributed by atoms with Crippen LogP contribution in [0, 0.1) is 0 Å². The number of unbranched alkanes of at least 4 members (excludes halogenated alkanes) is 22. The molecular formula is C45H83O10P. The second-order valence-corrected chi connectivity index (χ2v) is 16.5. The monoisotopic (exact) mass is 815 g/mol. The Bertz CT molecular complexity index is 1030. The zero-order chi connectivity index (χ0) is 41.2. The Morgan fingerprint density at radius 2 is 0.929 bits per heavy atom. The first-order valence-corrected chi connectivity index (χ1v) is 23.9. The standard InChI is InChI=1S/C45H83O10P/c1-3-5-7-9-11-13-15-17-19-21-23-25-27-29-31-33-35-37-45(49)55-43(41-54-56(50,51)53-39-42(47)38-46)40-52-44(48)36-34-32-30-28-26-24-22-20-18-16-14-12-10-8-6-4-2/h11,13,17,19-20,22,42-43,46-47H,3-10,12,14-16,18,21,23-41H2,1-2H3,(H,50,51)/b13-11-,19-17-,22-20-/t42-,43+/m0/s1. The predicted octanol–water partition coefficient (Wildman–Crippen LogP) is 11.9. The summed E-state index contributed by atoms with van der Waals surface area (Å²) in [5, 5.41) is 18.3. The van der Waals surface area contributed by atoms with Crippen molar-refractivity contribution in [2.24, 2.45) is 0 Å². The maximum atomic E-state index is 12.6. The van der Waals surface area contributed by atoms with E-state index in [1.807, 2.05) is 0 Å². The van der Waals surface area contributed by atoms with E-state index in [1.165, 1.54) is 89.9 Å². The zero-order valence-electron chi connectivity index (χ0n) is 35.6. The van der Waals surface area contributed by atoms with Crippen molar-refractivity contribution in [1.29, 1.82) is 0 Å². The number of esters is 2. The molecule has 0 aromatic carbocycles. The summed E-state index contributed by atoms with van der Waals surface area (Å²) in [6.07, 6.45) is 42.4. The minimum atomic E-state index is -4.62. The molecule has 0 rings (SSSR count). The Morgan fingerprint density at radius 3 is 1.43 bits per heavy atom. The molecule has 0 amide bonds. The van der Waals surface area contributed by atoms with Gasteiger partial charge in [-0.25, -0.2) is 4.57 Å². The highest BCUT2D eigenvalue weighted by Gasteiger charge is 2.27. The number of carbonyl (C=O) groups is 2. The van der Waals surface area contributed by atoms with E-state index < -0.39 is 51.8 Å². The summed E-state index contributed by atoms with van der Waals surface area (Å²) in [7, 11) is -4.62. The Morgan fingerprint density at radius 1 is 0.536 bits per heavy atom. The Hall–Kier alpha value is -1.81. The molecule has 10 nitrogen and oxygen atoms in total. The van der Waals surface area contributed by atoms with Crippen molar-refractivity contribution in [1.82, 2.24) is 0 Å². The van der Waals surface area contributed by atoms with Crippen LogP contribution in [0.15, 0.2) is 36.5 Å². The molecule has 0 aromatic heterocycles. The van der Waals surface area contributed by atoms with Crippen LogP contribution in [0.1, 0.15) is 200 Å². The Labute approximate surface area is 341 Å². The van der Waals surface area contributed by atoms with Gasteiger partial charge in [0.05, 0.1) is 19.8 Å². The molecule has 0 aliphatic rings. The van der Waals surface area contributed by atoms with Gasteiger partial charge in [0.15, 0.2) is 6.10 Å². The van der Waals surface area contributed by atoms with Gasteiger partial charge in [0.1, 0.15) is 12.7 Å². The van der Waals surface area contributed by atoms with Crippen LogP contribution in [-0.4, -0.2) is 65.7 Å². The second kappa shape index (κ2) is 41.4. The van der Waals surface area contributed by atoms with Gasteiger partial charge < -0.3 is 24.6 Å². The van der Waals surface area contributed by atoms with E-state index in [1.54, 1.807) is 0 Å². The first-order chi connectivity index (χ1) is 27.2. The molecule has 0 radical (unpaired) electrons. The quantitative estimate of drug-likeness (QED) is 0.0235. The van der Waals surface area contributed by atoms with Gasteiger partial charge in [0, 0.05) is 12.8 Å². The normalized spacial score (nSPS) is 14.2. The molecule has 0 saturated heterocycles. The van der Waals surface area contributed by atoms with Crippen molar-refractivity contribution in [2.75, 3.05) is 26.4 Å². The molecular weight excluding hydrogens is 731 g/mol. The third kappa shape index (κ3) is 40.4. The molecule has 3 atom stereocenters. The number of rotatable bonds is 42. The van der Waals surface area contributed by atoms with E-state index in [0.717, 1.165) is 70.6 Å². The van der Waals surface area contributed by atoms with Crippen LogP contribution in [0.3, 0.4) is 0 Å². The predicted molar refractivity (Wildman–Crippen MR) is 228 cm³/mol. The SMILES string of the molecule is CCCCC/C=C\C/C=C\CCCCCCCCCC(=O)O[C@H](COC(=O)CCCCCCC/C=C\CCCCCCCCC)COP(=O)(O)OC[C@@H](O)CO. The van der Waals surface area contributed by atoms with Crippen molar-refractivity contribution in [3.05, 3.63) is 36.5 Å². The maximum Gasteiger partial charge on any atom is 0.472 e. The third-order valence-corrected chi connectivity index (χ3v) is 10.5. The lowest BCUT2D eigenvalue weighted by molar-refractivity contribution is -0.161. The lowest BCUT2D eigenvalue weighted by Gasteiger charge is -2.20. The maximum absolute atomic E-state index is 12.6. The molecule has 3 N–H and O–H groups in total. The number of phosphoric acid groups is 1. The number of allylic oxidation sites excluding steroid dienone is 6. The van der Waals surface area contributed by atoms with E-state index in [4.69, 9.17) is 23.6 Å². The van der Waals surface area contributed by atoms with Gasteiger partial charge in [-0.3, -0.25) is 18.6 Å². The van der Waals surface area contributed by atoms with Gasteiger partial charge >= 0.3 is 19.8 Å². The van der Waals surface area contributed by atoms with Crippen LogP contribution in [0.5, 0.6) is 0 Å². The van der Waals surface area contributed by atoms with E-state index in [-0.39, 0.29) is 19.4 Å². The minimum Gasteiger partial charge on any atom is -0.462 e. The molecule has 0 fully saturated rings. The fourth-order valence-electron chi connectivity index (χ4n) is 6.02. The van der Waals surface area contributed by atoms with Crippen molar-refractivity contribution in [3.63, 3.8) is 0 Å². The molecule has 328 valence electrons. The smallest absolute Gasteiger partial charge is 0.462 e. The molecule has 0 aromatic rings. The van der Waals surface area contributed by atoms with Crippen molar-refractivity contribution in [3.8, 4) is 0 Å². The molecule has 56 heavy (non-hydrogen) atoms. The van der Waals surface area contributed by atoms with E-state index >= 15 is 0 Å². The van der Waals surface area contributed by atoms with Crippen LogP contribution in [0.25, 0.3) is 0 Å². The number of aliphatic hydroxyl groups excluding tert-OH is 2. The average molecular weight is 815 g/mol. The highest BCUT2D eigenvalue weighted by molar-refractivity contribution is 7.47. The van der Waals surface area contributed by atoms with Crippen LogP contribution >= 0.6 is 7.82 Å². The highest BCUT2D eigenvalue weighted by atomic mass is 31.2. The molecule has 0 spiro atoms. The fourth-order valence-corrected chi connectivity index (χ4v) is 6.81. The minimum absolute atomic E-state index is 0.174. The van der Waals surface area contributed by atoms with E-state index in [2.05, 4.69) is 50.3 Å². The van der Waals surface area contributed by atoms with Gasteiger partial charge in [-0.2, -0.15) is 0 Å². The van der Waals surface area contributed by atoms with E-state index in [0.29, 0.717) is 12.8 Å². The molecule has 11 heteroatoms. The number of hydrogen-bond donors (Lipinski definition) is 3. The Kier molecular flexibility index (Phi) is 40.0. The summed E-state index contributed by atoms with van der Waals surface area (Å²) in [6.45, 7) is 2.34. The molecule has 0 saturated carbocycles. The highest BCUT2D eigenvalue weighted by Crippen LogP contribution is 2.43. The fraction of sp³-hybridized carbons (Fsp3) is 0.822. The third-order valence-electron chi connectivity index (χ3n) is 9.52. The zero-order valence-corrected chi connectivity index (χ0v) is 36.5. The van der Waals surface area contributed by atoms with Gasteiger partial charge in [0.25, 0.3) is 0 Å². The van der Waals surface area contributed by atoms with Crippen molar-refractivity contribution >= 4 is 19.8 Å². The molecule has 0 aliphatic heterocycles. The van der Waals surface area contributed by atoms with Crippen LogP contribution in [-0.2, 0) is 32.7 Å². The molecule has 0 bridgehead atoms. The number of hydrogen-bond acceptors (Lipinski definition) is 9. The average Bonchev–Trinajstić information content (AvgIpc) is 3.19. The molecule has 1 unspecified atom stereocenters. The van der Waals surface area contributed by atoms with Crippen LogP contribution in [0.2, 0.25) is 0 Å². The largest absolute Gasteiger partial charge is 0.472 e. The van der Waals surface area contributed by atoms with E-state index in [9.17, 15) is 24.2 Å². The molecule has 0 heterocycles. The summed E-state index contributed by atoms with van der Waals surface area (Å²) >= 11 is 0. The first kappa shape index (κ1) is 54.2. The second-order valence-electron chi connectivity index (χ2n) is 15.1. The summed E-state index contributed by atoms with van der Waals surface area (Å²) < 4.78 is 32.7. The lowest BCUT2D eigenvalue weighted by Crippen LogP contribution is -2.29. The van der Waals surface area contributed by atoms with Crippen molar-refractivity contribution in [2.45, 2.75) is 212 Å². The topological polar surface area (TPSA) is 149 Å². The summed E-state index contributed by atoms with van der Waals surface area (Å²) in [5.41, 5.74) is 0. The van der Waals surface area contributed by atoms with Gasteiger partial charge in [-0.05, 0) is 70.6 Å². The summed E-state index contributed by atoms with van der Waals surface area (Å²) in [6, 6.07) is 0. The lowest BCUT2D eigenvalue weighted by atomic mass is 10.1. The van der Waals surface area contributed by atoms with Gasteiger partial charge in [0.2, 0.25) is 0 Å². The van der Waals surface area contributed by atoms with Crippen LogP contribution < -0.4 is 0 Å². The van der Waals surface area contributed by atoms with Crippen molar-refractivity contribution < 1.29 is 47.8 Å². The first-order valence-electron chi connectivity index (χ1n) is 22.4. The number of ether oxygens (including phenoxy) is 2.